The Morgan fingerprint density at radius 1 is 1.46 bits per heavy atom. The first-order valence-electron chi connectivity index (χ1n) is 4.10. The summed E-state index contributed by atoms with van der Waals surface area (Å²) in [7, 11) is 0. The van der Waals surface area contributed by atoms with E-state index < -0.39 is 0 Å². The summed E-state index contributed by atoms with van der Waals surface area (Å²) >= 11 is 5.75. The van der Waals surface area contributed by atoms with Crippen LogP contribution in [0.15, 0.2) is 24.3 Å². The van der Waals surface area contributed by atoms with Gasteiger partial charge in [-0.2, -0.15) is 5.26 Å². The first-order valence-corrected chi connectivity index (χ1v) is 4.47. The number of benzene rings is 1. The number of rotatable bonds is 3. The topological polar surface area (TPSA) is 35.8 Å². The van der Waals surface area contributed by atoms with Crippen molar-refractivity contribution >= 4 is 11.6 Å². The van der Waals surface area contributed by atoms with Crippen LogP contribution < -0.4 is 5.32 Å². The molecule has 0 radical (unpaired) electrons. The predicted molar refractivity (Wildman–Crippen MR) is 53.5 cm³/mol. The first-order chi connectivity index (χ1) is 6.24. The van der Waals surface area contributed by atoms with E-state index in [9.17, 15) is 0 Å². The van der Waals surface area contributed by atoms with Gasteiger partial charge in [0, 0.05) is 11.1 Å². The monoisotopic (exact) mass is 194 g/mol. The summed E-state index contributed by atoms with van der Waals surface area (Å²) < 4.78 is 0. The first kappa shape index (κ1) is 10.0. The minimum Gasteiger partial charge on any atom is -0.298 e. The standard InChI is InChI=1S/C10H11ClN2/c1-8(13-7-6-12)9-2-4-10(11)5-3-9/h2-5,8,13H,7H2,1H3/t8-/m0/s1. The second-order valence-corrected chi connectivity index (χ2v) is 3.25. The molecule has 0 aliphatic heterocycles. The van der Waals surface area contributed by atoms with Crippen LogP contribution in [0.25, 0.3) is 0 Å². The molecule has 13 heavy (non-hydrogen) atoms. The van der Waals surface area contributed by atoms with Crippen LogP contribution in [-0.2, 0) is 0 Å². The largest absolute Gasteiger partial charge is 0.298 e. The van der Waals surface area contributed by atoms with Crippen molar-refractivity contribution in [2.45, 2.75) is 13.0 Å². The molecule has 1 aromatic rings. The number of hydrogen-bond acceptors (Lipinski definition) is 2. The van der Waals surface area contributed by atoms with E-state index in [1.807, 2.05) is 37.3 Å². The Morgan fingerprint density at radius 2 is 2.08 bits per heavy atom. The molecule has 1 N–H and O–H groups in total. The minimum absolute atomic E-state index is 0.192. The van der Waals surface area contributed by atoms with Crippen LogP contribution in [0, 0.1) is 11.3 Å². The molecule has 2 nitrogen and oxygen atoms in total. The molecular formula is C10H11ClN2. The molecule has 68 valence electrons. The predicted octanol–water partition coefficient (Wildman–Crippen LogP) is 2.51. The van der Waals surface area contributed by atoms with Gasteiger partial charge < -0.3 is 0 Å². The molecular weight excluding hydrogens is 184 g/mol. The molecule has 1 aromatic carbocycles. The number of halogens is 1. The molecule has 0 aromatic heterocycles. The minimum atomic E-state index is 0.192. The van der Waals surface area contributed by atoms with Gasteiger partial charge in [0.25, 0.3) is 0 Å². The van der Waals surface area contributed by atoms with Crippen LogP contribution in [-0.4, -0.2) is 6.54 Å². The Hall–Kier alpha value is -1.04. The van der Waals surface area contributed by atoms with E-state index >= 15 is 0 Å². The van der Waals surface area contributed by atoms with Crippen molar-refractivity contribution in [1.29, 1.82) is 5.26 Å². The third-order valence-electron chi connectivity index (χ3n) is 1.86. The summed E-state index contributed by atoms with van der Waals surface area (Å²) in [4.78, 5) is 0. The van der Waals surface area contributed by atoms with Gasteiger partial charge in [-0.3, -0.25) is 5.32 Å². The molecule has 1 rings (SSSR count). The summed E-state index contributed by atoms with van der Waals surface area (Å²) in [6, 6.07) is 9.84. The maximum absolute atomic E-state index is 8.37. The van der Waals surface area contributed by atoms with Crippen LogP contribution in [0.1, 0.15) is 18.5 Å². The summed E-state index contributed by atoms with van der Waals surface area (Å²) in [6.07, 6.45) is 0. The molecule has 1 atom stereocenters. The summed E-state index contributed by atoms with van der Waals surface area (Å²) in [6.45, 7) is 2.38. The van der Waals surface area contributed by atoms with Gasteiger partial charge in [0.05, 0.1) is 12.6 Å². The quantitative estimate of drug-likeness (QED) is 0.751. The Kier molecular flexibility index (Phi) is 3.75. The number of nitrogens with zero attached hydrogens (tertiary/aromatic N) is 1. The maximum Gasteiger partial charge on any atom is 0.0845 e. The maximum atomic E-state index is 8.37. The number of nitrogens with one attached hydrogen (secondary N) is 1. The summed E-state index contributed by atoms with van der Waals surface area (Å²) in [5.74, 6) is 0. The summed E-state index contributed by atoms with van der Waals surface area (Å²) in [5.41, 5.74) is 1.14. The Bertz CT molecular complexity index is 300. The molecule has 0 saturated heterocycles. The fourth-order valence-electron chi connectivity index (χ4n) is 1.07. The third-order valence-corrected chi connectivity index (χ3v) is 2.11. The van der Waals surface area contributed by atoms with E-state index in [1.165, 1.54) is 0 Å². The van der Waals surface area contributed by atoms with E-state index in [4.69, 9.17) is 16.9 Å². The molecule has 0 unspecified atom stereocenters. The van der Waals surface area contributed by atoms with Gasteiger partial charge in [-0.25, -0.2) is 0 Å². The van der Waals surface area contributed by atoms with Crippen LogP contribution in [0.3, 0.4) is 0 Å². The average molecular weight is 195 g/mol. The van der Waals surface area contributed by atoms with E-state index in [1.54, 1.807) is 0 Å². The highest BCUT2D eigenvalue weighted by molar-refractivity contribution is 6.30. The van der Waals surface area contributed by atoms with E-state index in [0.29, 0.717) is 6.54 Å². The zero-order valence-corrected chi connectivity index (χ0v) is 8.17. The van der Waals surface area contributed by atoms with E-state index in [-0.39, 0.29) is 6.04 Å². The molecule has 0 fully saturated rings. The van der Waals surface area contributed by atoms with Crippen molar-refractivity contribution in [1.82, 2.24) is 5.32 Å². The normalized spacial score (nSPS) is 12.1. The molecule has 0 heterocycles. The summed E-state index contributed by atoms with van der Waals surface area (Å²) in [5, 5.41) is 12.2. The fraction of sp³-hybridized carbons (Fsp3) is 0.300. The van der Waals surface area contributed by atoms with Gasteiger partial charge in [0.1, 0.15) is 0 Å². The molecule has 0 bridgehead atoms. The Morgan fingerprint density at radius 3 is 2.62 bits per heavy atom. The molecule has 0 amide bonds. The van der Waals surface area contributed by atoms with Crippen molar-refractivity contribution in [3.8, 4) is 6.07 Å². The zero-order valence-electron chi connectivity index (χ0n) is 7.42. The number of hydrogen-bond donors (Lipinski definition) is 1. The van der Waals surface area contributed by atoms with Crippen molar-refractivity contribution in [3.63, 3.8) is 0 Å². The van der Waals surface area contributed by atoms with Crippen molar-refractivity contribution in [2.75, 3.05) is 6.54 Å². The van der Waals surface area contributed by atoms with Gasteiger partial charge in [-0.15, -0.1) is 0 Å². The lowest BCUT2D eigenvalue weighted by molar-refractivity contribution is 0.621. The third kappa shape index (κ3) is 3.06. The highest BCUT2D eigenvalue weighted by Crippen LogP contribution is 2.15. The molecule has 0 aliphatic rings. The van der Waals surface area contributed by atoms with Gasteiger partial charge in [-0.05, 0) is 24.6 Å². The second-order valence-electron chi connectivity index (χ2n) is 2.81. The fourth-order valence-corrected chi connectivity index (χ4v) is 1.19. The highest BCUT2D eigenvalue weighted by atomic mass is 35.5. The van der Waals surface area contributed by atoms with Gasteiger partial charge in [0.2, 0.25) is 0 Å². The SMILES string of the molecule is C[C@H](NCC#N)c1ccc(Cl)cc1. The smallest absolute Gasteiger partial charge is 0.0845 e. The van der Waals surface area contributed by atoms with Crippen LogP contribution in [0.5, 0.6) is 0 Å². The van der Waals surface area contributed by atoms with Crippen molar-refractivity contribution in [2.24, 2.45) is 0 Å². The van der Waals surface area contributed by atoms with Crippen molar-refractivity contribution in [3.05, 3.63) is 34.9 Å². The Labute approximate surface area is 83.1 Å². The molecule has 0 aliphatic carbocycles. The van der Waals surface area contributed by atoms with E-state index in [2.05, 4.69) is 5.32 Å². The van der Waals surface area contributed by atoms with Gasteiger partial charge in [-0.1, -0.05) is 23.7 Å². The lowest BCUT2D eigenvalue weighted by Crippen LogP contribution is -2.18. The van der Waals surface area contributed by atoms with Gasteiger partial charge >= 0.3 is 0 Å². The van der Waals surface area contributed by atoms with E-state index in [0.717, 1.165) is 10.6 Å². The molecule has 0 spiro atoms. The zero-order chi connectivity index (χ0) is 9.68. The van der Waals surface area contributed by atoms with Gasteiger partial charge in [0.15, 0.2) is 0 Å². The lowest BCUT2D eigenvalue weighted by atomic mass is 10.1. The van der Waals surface area contributed by atoms with Crippen LogP contribution in [0.2, 0.25) is 5.02 Å². The molecule has 3 heteroatoms. The van der Waals surface area contributed by atoms with Crippen molar-refractivity contribution < 1.29 is 0 Å². The molecule has 0 saturated carbocycles. The second kappa shape index (κ2) is 4.86. The average Bonchev–Trinajstić information content (AvgIpc) is 2.15. The lowest BCUT2D eigenvalue weighted by Gasteiger charge is -2.11. The van der Waals surface area contributed by atoms with Crippen LogP contribution >= 0.6 is 11.6 Å². The number of nitriles is 1. The Balaban J connectivity index is 2.62. The highest BCUT2D eigenvalue weighted by Gasteiger charge is 2.02. The van der Waals surface area contributed by atoms with Crippen LogP contribution in [0.4, 0.5) is 0 Å².